The van der Waals surface area contributed by atoms with Gasteiger partial charge in [-0.2, -0.15) is 0 Å². The van der Waals surface area contributed by atoms with Crippen LogP contribution in [0.5, 0.6) is 0 Å². The molecule has 1 aromatic carbocycles. The van der Waals surface area contributed by atoms with Crippen molar-refractivity contribution in [1.29, 1.82) is 0 Å². The number of hydrogen-bond acceptors (Lipinski definition) is 2. The Morgan fingerprint density at radius 3 is 2.69 bits per heavy atom. The second kappa shape index (κ2) is 3.72. The molecule has 0 aliphatic carbocycles. The van der Waals surface area contributed by atoms with Crippen LogP contribution in [-0.4, -0.2) is 4.98 Å². The van der Waals surface area contributed by atoms with Gasteiger partial charge in [0.2, 0.25) is 0 Å². The maximum atomic E-state index is 4.69. The molecule has 0 atom stereocenters. The summed E-state index contributed by atoms with van der Waals surface area (Å²) in [7, 11) is 0. The first-order chi connectivity index (χ1) is 7.84. The highest BCUT2D eigenvalue weighted by Crippen LogP contribution is 2.27. The number of aryl methyl sites for hydroxylation is 1. The SMILES string of the molecule is Cc1sccc1-c1ccc2ccccc2n1. The quantitative estimate of drug-likeness (QED) is 0.602. The van der Waals surface area contributed by atoms with E-state index in [1.807, 2.05) is 12.1 Å². The third kappa shape index (κ3) is 1.51. The minimum atomic E-state index is 1.06. The van der Waals surface area contributed by atoms with Crippen molar-refractivity contribution in [2.45, 2.75) is 6.92 Å². The second-order valence-corrected chi connectivity index (χ2v) is 4.90. The summed E-state index contributed by atoms with van der Waals surface area (Å²) < 4.78 is 0. The Labute approximate surface area is 98.4 Å². The summed E-state index contributed by atoms with van der Waals surface area (Å²) in [5, 5.41) is 3.31. The van der Waals surface area contributed by atoms with E-state index in [4.69, 9.17) is 0 Å². The van der Waals surface area contributed by atoms with Crippen LogP contribution >= 0.6 is 11.3 Å². The zero-order valence-corrected chi connectivity index (χ0v) is 9.79. The molecule has 0 amide bonds. The average Bonchev–Trinajstić information content (AvgIpc) is 2.75. The fraction of sp³-hybridized carbons (Fsp3) is 0.0714. The van der Waals surface area contributed by atoms with Crippen LogP contribution in [-0.2, 0) is 0 Å². The zero-order valence-electron chi connectivity index (χ0n) is 8.97. The summed E-state index contributed by atoms with van der Waals surface area (Å²) in [5.41, 5.74) is 3.37. The van der Waals surface area contributed by atoms with Crippen molar-refractivity contribution in [2.75, 3.05) is 0 Å². The predicted octanol–water partition coefficient (Wildman–Crippen LogP) is 4.27. The largest absolute Gasteiger partial charge is 0.248 e. The van der Waals surface area contributed by atoms with Crippen LogP contribution in [0.25, 0.3) is 22.2 Å². The third-order valence-electron chi connectivity index (χ3n) is 2.73. The van der Waals surface area contributed by atoms with Crippen molar-refractivity contribution in [3.63, 3.8) is 0 Å². The first kappa shape index (κ1) is 9.55. The topological polar surface area (TPSA) is 12.9 Å². The predicted molar refractivity (Wildman–Crippen MR) is 69.8 cm³/mol. The van der Waals surface area contributed by atoms with E-state index in [-0.39, 0.29) is 0 Å². The van der Waals surface area contributed by atoms with Gasteiger partial charge >= 0.3 is 0 Å². The summed E-state index contributed by atoms with van der Waals surface area (Å²) in [6.45, 7) is 2.14. The summed E-state index contributed by atoms with van der Waals surface area (Å²) in [4.78, 5) is 6.01. The molecule has 16 heavy (non-hydrogen) atoms. The Morgan fingerprint density at radius 1 is 1.00 bits per heavy atom. The van der Waals surface area contributed by atoms with Crippen LogP contribution < -0.4 is 0 Å². The van der Waals surface area contributed by atoms with Crippen molar-refractivity contribution >= 4 is 22.2 Å². The lowest BCUT2D eigenvalue weighted by molar-refractivity contribution is 1.39. The molecule has 0 saturated carbocycles. The van der Waals surface area contributed by atoms with Gasteiger partial charge in [0, 0.05) is 15.8 Å². The van der Waals surface area contributed by atoms with Gasteiger partial charge in [0.25, 0.3) is 0 Å². The molecular formula is C14H11NS. The summed E-state index contributed by atoms with van der Waals surface area (Å²) in [5.74, 6) is 0. The van der Waals surface area contributed by atoms with E-state index in [9.17, 15) is 0 Å². The maximum absolute atomic E-state index is 4.69. The Morgan fingerprint density at radius 2 is 1.88 bits per heavy atom. The van der Waals surface area contributed by atoms with Crippen LogP contribution in [0.4, 0.5) is 0 Å². The Bertz CT molecular complexity index is 640. The van der Waals surface area contributed by atoms with Crippen LogP contribution in [0.2, 0.25) is 0 Å². The summed E-state index contributed by atoms with van der Waals surface area (Å²) in [6, 6.07) is 14.6. The smallest absolute Gasteiger partial charge is 0.0720 e. The molecule has 3 rings (SSSR count). The zero-order chi connectivity index (χ0) is 11.0. The Balaban J connectivity index is 2.23. The highest BCUT2D eigenvalue weighted by Gasteiger charge is 2.04. The second-order valence-electron chi connectivity index (χ2n) is 3.78. The van der Waals surface area contributed by atoms with Crippen molar-refractivity contribution in [1.82, 2.24) is 4.98 Å². The fourth-order valence-corrected chi connectivity index (χ4v) is 2.57. The van der Waals surface area contributed by atoms with Gasteiger partial charge in [0.1, 0.15) is 0 Å². The molecule has 0 saturated heterocycles. The molecule has 0 aliphatic rings. The van der Waals surface area contributed by atoms with E-state index in [1.165, 1.54) is 15.8 Å². The summed E-state index contributed by atoms with van der Waals surface area (Å²) in [6.07, 6.45) is 0. The van der Waals surface area contributed by atoms with Gasteiger partial charge in [-0.25, -0.2) is 4.98 Å². The number of hydrogen-bond donors (Lipinski definition) is 0. The molecule has 0 spiro atoms. The van der Waals surface area contributed by atoms with Gasteiger partial charge in [0.05, 0.1) is 11.2 Å². The maximum Gasteiger partial charge on any atom is 0.0720 e. The monoisotopic (exact) mass is 225 g/mol. The van der Waals surface area contributed by atoms with Crippen LogP contribution in [0, 0.1) is 6.92 Å². The number of benzene rings is 1. The van der Waals surface area contributed by atoms with Crippen molar-refractivity contribution < 1.29 is 0 Å². The molecule has 3 aromatic rings. The van der Waals surface area contributed by atoms with Gasteiger partial charge in [-0.15, -0.1) is 11.3 Å². The Kier molecular flexibility index (Phi) is 2.22. The van der Waals surface area contributed by atoms with Gasteiger partial charge < -0.3 is 0 Å². The van der Waals surface area contributed by atoms with Crippen LogP contribution in [0.3, 0.4) is 0 Å². The standard InChI is InChI=1S/C14H11NS/c1-10-12(8-9-16-10)14-7-6-11-4-2-3-5-13(11)15-14/h2-9H,1H3. The van der Waals surface area contributed by atoms with E-state index in [2.05, 4.69) is 47.6 Å². The number of aromatic nitrogens is 1. The molecule has 0 radical (unpaired) electrons. The fourth-order valence-electron chi connectivity index (χ4n) is 1.87. The number of nitrogens with zero attached hydrogens (tertiary/aromatic N) is 1. The molecule has 0 N–H and O–H groups in total. The van der Waals surface area contributed by atoms with Gasteiger partial charge in [-0.3, -0.25) is 0 Å². The third-order valence-corrected chi connectivity index (χ3v) is 3.58. The molecule has 1 nitrogen and oxygen atoms in total. The molecule has 0 bridgehead atoms. The molecule has 0 fully saturated rings. The lowest BCUT2D eigenvalue weighted by Gasteiger charge is -2.02. The lowest BCUT2D eigenvalue weighted by atomic mass is 10.1. The minimum absolute atomic E-state index is 1.06. The van der Waals surface area contributed by atoms with Gasteiger partial charge in [-0.1, -0.05) is 24.3 Å². The number of rotatable bonds is 1. The molecule has 2 heterocycles. The number of pyridine rings is 1. The van der Waals surface area contributed by atoms with Crippen molar-refractivity contribution in [3.8, 4) is 11.3 Å². The van der Waals surface area contributed by atoms with Crippen molar-refractivity contribution in [2.24, 2.45) is 0 Å². The number of thiophene rings is 1. The van der Waals surface area contributed by atoms with Crippen molar-refractivity contribution in [3.05, 3.63) is 52.7 Å². The van der Waals surface area contributed by atoms with E-state index in [0.29, 0.717) is 0 Å². The highest BCUT2D eigenvalue weighted by molar-refractivity contribution is 7.10. The number of fused-ring (bicyclic) bond motifs is 1. The summed E-state index contributed by atoms with van der Waals surface area (Å²) >= 11 is 1.76. The molecule has 0 unspecified atom stereocenters. The molecule has 2 aromatic heterocycles. The van der Waals surface area contributed by atoms with E-state index in [1.54, 1.807) is 11.3 Å². The Hall–Kier alpha value is -1.67. The molecule has 78 valence electrons. The van der Waals surface area contributed by atoms with Gasteiger partial charge in [-0.05, 0) is 30.5 Å². The molecule has 0 aliphatic heterocycles. The number of para-hydroxylation sites is 1. The lowest BCUT2D eigenvalue weighted by Crippen LogP contribution is -1.84. The van der Waals surface area contributed by atoms with E-state index >= 15 is 0 Å². The van der Waals surface area contributed by atoms with E-state index in [0.717, 1.165) is 11.2 Å². The van der Waals surface area contributed by atoms with Gasteiger partial charge in [0.15, 0.2) is 0 Å². The first-order valence-electron chi connectivity index (χ1n) is 5.25. The highest BCUT2D eigenvalue weighted by atomic mass is 32.1. The molecule has 2 heteroatoms. The van der Waals surface area contributed by atoms with Crippen LogP contribution in [0.1, 0.15) is 4.88 Å². The normalized spacial score (nSPS) is 10.8. The molecular weight excluding hydrogens is 214 g/mol. The van der Waals surface area contributed by atoms with E-state index < -0.39 is 0 Å². The van der Waals surface area contributed by atoms with Crippen LogP contribution in [0.15, 0.2) is 47.8 Å². The minimum Gasteiger partial charge on any atom is -0.248 e. The first-order valence-corrected chi connectivity index (χ1v) is 6.13. The average molecular weight is 225 g/mol.